The van der Waals surface area contributed by atoms with Gasteiger partial charge in [-0.05, 0) is 35.7 Å². The maximum Gasteiger partial charge on any atom is 0.339 e. The molecule has 0 amide bonds. The predicted octanol–water partition coefficient (Wildman–Crippen LogP) is 4.68. The quantitative estimate of drug-likeness (QED) is 0.595. The number of carboxylic acids is 1. The second-order valence-corrected chi connectivity index (χ2v) is 6.39. The molecule has 116 valence electrons. The third-order valence-electron chi connectivity index (χ3n) is 3.27. The Morgan fingerprint density at radius 3 is 2.45 bits per heavy atom. The Balaban J connectivity index is 1.83. The Morgan fingerprint density at radius 2 is 1.82 bits per heavy atom. The van der Waals surface area contributed by atoms with Crippen molar-refractivity contribution < 1.29 is 14.6 Å². The van der Waals surface area contributed by atoms with E-state index < -0.39 is 5.97 Å². The lowest BCUT2D eigenvalue weighted by Crippen LogP contribution is -2.05. The van der Waals surface area contributed by atoms with E-state index in [1.807, 2.05) is 0 Å². The van der Waals surface area contributed by atoms with Gasteiger partial charge in [0.05, 0.1) is 6.61 Å². The van der Waals surface area contributed by atoms with E-state index in [1.165, 1.54) is 10.5 Å². The fraction of sp³-hybridized carbons (Fsp3) is 0.278. The van der Waals surface area contributed by atoms with E-state index in [4.69, 9.17) is 9.84 Å². The van der Waals surface area contributed by atoms with Gasteiger partial charge in [-0.25, -0.2) is 4.79 Å². The Labute approximate surface area is 135 Å². The zero-order valence-corrected chi connectivity index (χ0v) is 13.6. The van der Waals surface area contributed by atoms with Crippen LogP contribution in [0.5, 0.6) is 5.75 Å². The van der Waals surface area contributed by atoms with Gasteiger partial charge in [0.25, 0.3) is 0 Å². The smallest absolute Gasteiger partial charge is 0.339 e. The van der Waals surface area contributed by atoms with Crippen LogP contribution < -0.4 is 4.74 Å². The van der Waals surface area contributed by atoms with Crippen LogP contribution in [0.25, 0.3) is 0 Å². The molecule has 0 radical (unpaired) electrons. The topological polar surface area (TPSA) is 46.5 Å². The second kappa shape index (κ2) is 7.90. The van der Waals surface area contributed by atoms with E-state index in [9.17, 15) is 4.79 Å². The van der Waals surface area contributed by atoms with Crippen LogP contribution in [-0.4, -0.2) is 23.4 Å². The molecule has 4 heteroatoms. The summed E-state index contributed by atoms with van der Waals surface area (Å²) in [6.07, 6.45) is 0. The molecule has 0 aliphatic carbocycles. The van der Waals surface area contributed by atoms with E-state index in [-0.39, 0.29) is 5.56 Å². The predicted molar refractivity (Wildman–Crippen MR) is 90.2 cm³/mol. The summed E-state index contributed by atoms with van der Waals surface area (Å²) in [6.45, 7) is 4.83. The fourth-order valence-corrected chi connectivity index (χ4v) is 2.76. The highest BCUT2D eigenvalue weighted by Crippen LogP contribution is 2.23. The lowest BCUT2D eigenvalue weighted by Gasteiger charge is -2.09. The number of hydrogen-bond donors (Lipinski definition) is 1. The highest BCUT2D eigenvalue weighted by molar-refractivity contribution is 7.99. The van der Waals surface area contributed by atoms with Gasteiger partial charge in [0.2, 0.25) is 0 Å². The molecule has 0 spiro atoms. The molecule has 22 heavy (non-hydrogen) atoms. The number of aromatic carboxylic acids is 1. The molecule has 0 aliphatic heterocycles. The third-order valence-corrected chi connectivity index (χ3v) is 4.25. The summed E-state index contributed by atoms with van der Waals surface area (Å²) in [4.78, 5) is 12.3. The lowest BCUT2D eigenvalue weighted by atomic mass is 10.0. The molecule has 0 unspecified atom stereocenters. The molecule has 0 aromatic heterocycles. The van der Waals surface area contributed by atoms with Crippen LogP contribution in [-0.2, 0) is 0 Å². The maximum atomic E-state index is 11.1. The van der Waals surface area contributed by atoms with Crippen molar-refractivity contribution in [3.8, 4) is 5.75 Å². The molecule has 1 N–H and O–H groups in total. The van der Waals surface area contributed by atoms with Crippen molar-refractivity contribution in [2.75, 3.05) is 12.4 Å². The third kappa shape index (κ3) is 4.53. The summed E-state index contributed by atoms with van der Waals surface area (Å²) < 4.78 is 5.58. The maximum absolute atomic E-state index is 11.1. The van der Waals surface area contributed by atoms with Crippen molar-refractivity contribution >= 4 is 17.7 Å². The first-order chi connectivity index (χ1) is 10.6. The molecule has 0 aliphatic rings. The van der Waals surface area contributed by atoms with Gasteiger partial charge < -0.3 is 9.84 Å². The largest absolute Gasteiger partial charge is 0.492 e. The summed E-state index contributed by atoms with van der Waals surface area (Å²) in [5.41, 5.74) is 1.53. The number of thioether (sulfide) groups is 1. The molecule has 0 fully saturated rings. The van der Waals surface area contributed by atoms with Gasteiger partial charge in [-0.2, -0.15) is 0 Å². The Hall–Kier alpha value is -1.94. The number of rotatable bonds is 7. The van der Waals surface area contributed by atoms with Gasteiger partial charge >= 0.3 is 5.97 Å². The molecule has 2 aromatic rings. The number of benzene rings is 2. The summed E-state index contributed by atoms with van der Waals surface area (Å²) in [6, 6.07) is 15.2. The summed E-state index contributed by atoms with van der Waals surface area (Å²) in [7, 11) is 0. The van der Waals surface area contributed by atoms with Crippen LogP contribution in [0.2, 0.25) is 0 Å². The van der Waals surface area contributed by atoms with E-state index in [1.54, 1.807) is 36.0 Å². The number of carboxylic acid groups (broad SMARTS) is 1. The van der Waals surface area contributed by atoms with E-state index in [0.29, 0.717) is 18.3 Å². The SMILES string of the molecule is CC(C)c1ccc(SCCOc2ccccc2C(=O)O)cc1. The first-order valence-corrected chi connectivity index (χ1v) is 8.24. The molecule has 0 saturated heterocycles. The first-order valence-electron chi connectivity index (χ1n) is 7.26. The van der Waals surface area contributed by atoms with Crippen molar-refractivity contribution in [2.24, 2.45) is 0 Å². The average Bonchev–Trinajstić information content (AvgIpc) is 2.52. The van der Waals surface area contributed by atoms with Gasteiger partial charge in [-0.15, -0.1) is 11.8 Å². The molecule has 2 aromatic carbocycles. The zero-order chi connectivity index (χ0) is 15.9. The van der Waals surface area contributed by atoms with Crippen molar-refractivity contribution in [3.63, 3.8) is 0 Å². The standard InChI is InChI=1S/C18H20O3S/c1-13(2)14-7-9-15(10-8-14)22-12-11-21-17-6-4-3-5-16(17)18(19)20/h3-10,13H,11-12H2,1-2H3,(H,19,20). The minimum Gasteiger partial charge on any atom is -0.492 e. The van der Waals surface area contributed by atoms with Crippen LogP contribution in [0.1, 0.15) is 35.7 Å². The Kier molecular flexibility index (Phi) is 5.90. The van der Waals surface area contributed by atoms with Gasteiger partial charge in [-0.3, -0.25) is 0 Å². The number of para-hydroxylation sites is 1. The van der Waals surface area contributed by atoms with Gasteiger partial charge in [-0.1, -0.05) is 38.1 Å². The molecule has 0 saturated carbocycles. The van der Waals surface area contributed by atoms with Crippen LogP contribution in [0, 0.1) is 0 Å². The minimum absolute atomic E-state index is 0.203. The number of hydrogen-bond acceptors (Lipinski definition) is 3. The van der Waals surface area contributed by atoms with Crippen LogP contribution in [0.15, 0.2) is 53.4 Å². The molecule has 0 bridgehead atoms. The van der Waals surface area contributed by atoms with Crippen molar-refractivity contribution in [1.29, 1.82) is 0 Å². The molecular formula is C18H20O3S. The van der Waals surface area contributed by atoms with E-state index in [2.05, 4.69) is 38.1 Å². The molecule has 3 nitrogen and oxygen atoms in total. The minimum atomic E-state index is -0.965. The second-order valence-electron chi connectivity index (χ2n) is 5.22. The Bertz CT molecular complexity index is 620. The molecule has 0 heterocycles. The first kappa shape index (κ1) is 16.4. The van der Waals surface area contributed by atoms with Crippen LogP contribution in [0.3, 0.4) is 0 Å². The van der Waals surface area contributed by atoms with Crippen molar-refractivity contribution in [3.05, 3.63) is 59.7 Å². The molecule has 2 rings (SSSR count). The Morgan fingerprint density at radius 1 is 1.14 bits per heavy atom. The van der Waals surface area contributed by atoms with Gasteiger partial charge in [0, 0.05) is 10.6 Å². The lowest BCUT2D eigenvalue weighted by molar-refractivity contribution is 0.0692. The monoisotopic (exact) mass is 316 g/mol. The zero-order valence-electron chi connectivity index (χ0n) is 12.8. The van der Waals surface area contributed by atoms with Gasteiger partial charge in [0.1, 0.15) is 11.3 Å². The molecule has 0 atom stereocenters. The highest BCUT2D eigenvalue weighted by atomic mass is 32.2. The van der Waals surface area contributed by atoms with Crippen molar-refractivity contribution in [2.45, 2.75) is 24.7 Å². The summed E-state index contributed by atoms with van der Waals surface area (Å²) in [5.74, 6) is 0.766. The number of carbonyl (C=O) groups is 1. The molecular weight excluding hydrogens is 296 g/mol. The van der Waals surface area contributed by atoms with Crippen LogP contribution in [0.4, 0.5) is 0 Å². The summed E-state index contributed by atoms with van der Waals surface area (Å²) >= 11 is 1.70. The number of ether oxygens (including phenoxy) is 1. The normalized spacial score (nSPS) is 10.7. The summed E-state index contributed by atoms with van der Waals surface area (Å²) in [5, 5.41) is 9.09. The van der Waals surface area contributed by atoms with Gasteiger partial charge in [0.15, 0.2) is 0 Å². The van der Waals surface area contributed by atoms with Crippen molar-refractivity contribution in [1.82, 2.24) is 0 Å². The highest BCUT2D eigenvalue weighted by Gasteiger charge is 2.09. The fourth-order valence-electron chi connectivity index (χ4n) is 2.03. The average molecular weight is 316 g/mol. The van der Waals surface area contributed by atoms with E-state index in [0.717, 1.165) is 5.75 Å². The van der Waals surface area contributed by atoms with Crippen LogP contribution >= 0.6 is 11.8 Å². The van der Waals surface area contributed by atoms with E-state index >= 15 is 0 Å².